The summed E-state index contributed by atoms with van der Waals surface area (Å²) in [6, 6.07) is 3.52. The molecular weight excluding hydrogens is 270 g/mol. The molecule has 2 nitrogen and oxygen atoms in total. The van der Waals surface area contributed by atoms with Crippen LogP contribution in [0.15, 0.2) is 12.1 Å². The lowest BCUT2D eigenvalue weighted by molar-refractivity contribution is 0.397. The van der Waals surface area contributed by atoms with Crippen LogP contribution in [0, 0.1) is 17.6 Å². The highest BCUT2D eigenvalue weighted by Crippen LogP contribution is 2.30. The lowest BCUT2D eigenvalue weighted by Gasteiger charge is -2.34. The molecule has 1 atom stereocenters. The van der Waals surface area contributed by atoms with Gasteiger partial charge in [-0.15, -0.1) is 0 Å². The van der Waals surface area contributed by atoms with E-state index in [1.807, 2.05) is 4.90 Å². The van der Waals surface area contributed by atoms with Gasteiger partial charge in [0, 0.05) is 25.7 Å². The minimum Gasteiger partial charge on any atom is -0.367 e. The zero-order valence-electron chi connectivity index (χ0n) is 12.7. The van der Waals surface area contributed by atoms with E-state index in [9.17, 15) is 8.78 Å². The van der Waals surface area contributed by atoms with Gasteiger partial charge in [0.15, 0.2) is 0 Å². The van der Waals surface area contributed by atoms with Crippen LogP contribution >= 0.6 is 0 Å². The molecule has 0 aromatic heterocycles. The second-order valence-corrected chi connectivity index (χ2v) is 6.43. The summed E-state index contributed by atoms with van der Waals surface area (Å²) in [7, 11) is 0. The molecule has 1 aromatic rings. The number of anilines is 1. The molecule has 1 aliphatic heterocycles. The largest absolute Gasteiger partial charge is 0.367 e. The number of benzene rings is 1. The number of halogens is 2. The maximum Gasteiger partial charge on any atom is 0.149 e. The topological polar surface area (TPSA) is 15.3 Å². The van der Waals surface area contributed by atoms with Crippen LogP contribution in [0.5, 0.6) is 0 Å². The Morgan fingerprint density at radius 2 is 1.90 bits per heavy atom. The first-order chi connectivity index (χ1) is 10.2. The van der Waals surface area contributed by atoms with Crippen molar-refractivity contribution in [3.63, 3.8) is 0 Å². The number of nitrogens with zero attached hydrogens (tertiary/aromatic N) is 1. The maximum absolute atomic E-state index is 14.4. The predicted molar refractivity (Wildman–Crippen MR) is 81.4 cm³/mol. The van der Waals surface area contributed by atoms with Gasteiger partial charge in [-0.2, -0.15) is 0 Å². The fraction of sp³-hybridized carbons (Fsp3) is 0.647. The average molecular weight is 294 g/mol. The van der Waals surface area contributed by atoms with E-state index in [0.717, 1.165) is 25.9 Å². The third-order valence-electron chi connectivity index (χ3n) is 4.66. The average Bonchev–Trinajstić information content (AvgIpc) is 3.29. The molecule has 0 amide bonds. The van der Waals surface area contributed by atoms with Gasteiger partial charge in [-0.3, -0.25) is 0 Å². The van der Waals surface area contributed by atoms with E-state index in [1.54, 1.807) is 0 Å². The van der Waals surface area contributed by atoms with Gasteiger partial charge >= 0.3 is 0 Å². The Labute approximate surface area is 125 Å². The van der Waals surface area contributed by atoms with E-state index in [2.05, 4.69) is 12.2 Å². The van der Waals surface area contributed by atoms with Crippen molar-refractivity contribution in [3.8, 4) is 0 Å². The highest BCUT2D eigenvalue weighted by atomic mass is 19.1. The van der Waals surface area contributed by atoms with Crippen molar-refractivity contribution in [3.05, 3.63) is 29.3 Å². The second-order valence-electron chi connectivity index (χ2n) is 6.43. The third kappa shape index (κ3) is 3.54. The van der Waals surface area contributed by atoms with Gasteiger partial charge in [-0.05, 0) is 49.3 Å². The Kier molecular flexibility index (Phi) is 4.43. The Bertz CT molecular complexity index is 477. The van der Waals surface area contributed by atoms with Crippen LogP contribution in [0.25, 0.3) is 0 Å². The molecule has 2 fully saturated rings. The lowest BCUT2D eigenvalue weighted by atomic mass is 9.95. The molecule has 3 rings (SSSR count). The summed E-state index contributed by atoms with van der Waals surface area (Å²) < 4.78 is 28.7. The van der Waals surface area contributed by atoms with Crippen molar-refractivity contribution < 1.29 is 8.78 Å². The Balaban J connectivity index is 1.74. The molecule has 1 N–H and O–H groups in total. The third-order valence-corrected chi connectivity index (χ3v) is 4.66. The van der Waals surface area contributed by atoms with E-state index in [4.69, 9.17) is 0 Å². The molecule has 1 saturated heterocycles. The van der Waals surface area contributed by atoms with Crippen LogP contribution in [-0.4, -0.2) is 19.1 Å². The molecular formula is C17H24F2N2. The first-order valence-corrected chi connectivity index (χ1v) is 8.13. The van der Waals surface area contributed by atoms with Gasteiger partial charge in [0.2, 0.25) is 0 Å². The van der Waals surface area contributed by atoms with Gasteiger partial charge < -0.3 is 10.2 Å². The summed E-state index contributed by atoms with van der Waals surface area (Å²) in [4.78, 5) is 1.89. The molecule has 0 radical (unpaired) electrons. The van der Waals surface area contributed by atoms with Crippen molar-refractivity contribution in [1.29, 1.82) is 0 Å². The van der Waals surface area contributed by atoms with Crippen molar-refractivity contribution in [2.45, 2.75) is 51.6 Å². The van der Waals surface area contributed by atoms with Gasteiger partial charge in [0.1, 0.15) is 17.3 Å². The fourth-order valence-corrected chi connectivity index (χ4v) is 3.17. The number of rotatable bonds is 5. The molecule has 116 valence electrons. The van der Waals surface area contributed by atoms with Crippen LogP contribution < -0.4 is 10.2 Å². The van der Waals surface area contributed by atoms with Crippen LogP contribution in [0.4, 0.5) is 14.5 Å². The molecule has 0 spiro atoms. The van der Waals surface area contributed by atoms with Gasteiger partial charge in [-0.25, -0.2) is 8.78 Å². The molecule has 1 heterocycles. The Hall–Kier alpha value is -1.16. The van der Waals surface area contributed by atoms with Crippen molar-refractivity contribution in [1.82, 2.24) is 5.32 Å². The van der Waals surface area contributed by atoms with E-state index in [0.29, 0.717) is 24.1 Å². The van der Waals surface area contributed by atoms with Crippen molar-refractivity contribution in [2.24, 2.45) is 5.92 Å². The normalized spacial score (nSPS) is 22.6. The zero-order chi connectivity index (χ0) is 14.8. The number of nitrogens with one attached hydrogen (secondary N) is 1. The number of piperidine rings is 1. The molecule has 0 bridgehead atoms. The summed E-state index contributed by atoms with van der Waals surface area (Å²) in [5.41, 5.74) is 0.869. The first kappa shape index (κ1) is 14.8. The maximum atomic E-state index is 14.4. The van der Waals surface area contributed by atoms with Crippen LogP contribution in [-0.2, 0) is 6.54 Å². The summed E-state index contributed by atoms with van der Waals surface area (Å²) in [5.74, 6) is -0.285. The minimum atomic E-state index is -0.417. The van der Waals surface area contributed by atoms with Crippen molar-refractivity contribution >= 4 is 5.69 Å². The van der Waals surface area contributed by atoms with Gasteiger partial charge in [-0.1, -0.05) is 13.3 Å². The quantitative estimate of drug-likeness (QED) is 0.887. The van der Waals surface area contributed by atoms with Crippen LogP contribution in [0.2, 0.25) is 0 Å². The van der Waals surface area contributed by atoms with Gasteiger partial charge in [0.25, 0.3) is 0 Å². The SMILES string of the molecule is CCC1CCCN(c2c(F)cc(CNC3CC3)cc2F)C1. The number of hydrogen-bond donors (Lipinski definition) is 1. The van der Waals surface area contributed by atoms with Gasteiger partial charge in [0.05, 0.1) is 0 Å². The highest BCUT2D eigenvalue weighted by molar-refractivity contribution is 5.51. The summed E-state index contributed by atoms with van der Waals surface area (Å²) in [6.45, 7) is 4.22. The minimum absolute atomic E-state index is 0.170. The smallest absolute Gasteiger partial charge is 0.149 e. The van der Waals surface area contributed by atoms with E-state index in [-0.39, 0.29) is 5.69 Å². The Morgan fingerprint density at radius 1 is 1.19 bits per heavy atom. The molecule has 21 heavy (non-hydrogen) atoms. The first-order valence-electron chi connectivity index (χ1n) is 8.13. The fourth-order valence-electron chi connectivity index (χ4n) is 3.17. The molecule has 4 heteroatoms. The zero-order valence-corrected chi connectivity index (χ0v) is 12.7. The summed E-state index contributed by atoms with van der Waals surface area (Å²) in [5, 5.41) is 3.30. The lowest BCUT2D eigenvalue weighted by Crippen LogP contribution is -2.36. The molecule has 1 aliphatic carbocycles. The summed E-state index contributed by atoms with van der Waals surface area (Å²) >= 11 is 0. The van der Waals surface area contributed by atoms with Crippen molar-refractivity contribution in [2.75, 3.05) is 18.0 Å². The van der Waals surface area contributed by atoms with Crippen LogP contribution in [0.1, 0.15) is 44.6 Å². The summed E-state index contributed by atoms with van der Waals surface area (Å²) in [6.07, 6.45) is 5.61. The Morgan fingerprint density at radius 3 is 2.52 bits per heavy atom. The molecule has 1 aromatic carbocycles. The van der Waals surface area contributed by atoms with E-state index in [1.165, 1.54) is 31.4 Å². The van der Waals surface area contributed by atoms with Crippen LogP contribution in [0.3, 0.4) is 0 Å². The molecule has 1 saturated carbocycles. The highest BCUT2D eigenvalue weighted by Gasteiger charge is 2.25. The molecule has 1 unspecified atom stereocenters. The van der Waals surface area contributed by atoms with E-state index < -0.39 is 11.6 Å². The van der Waals surface area contributed by atoms with E-state index >= 15 is 0 Å². The monoisotopic (exact) mass is 294 g/mol. The molecule has 2 aliphatic rings. The predicted octanol–water partition coefficient (Wildman–Crippen LogP) is 3.84. The standard InChI is InChI=1S/C17H24F2N2/c1-2-12-4-3-7-21(11-12)17-15(18)8-13(9-16(17)19)10-20-14-5-6-14/h8-9,12,14,20H,2-7,10-11H2,1H3. The second kappa shape index (κ2) is 6.30. The number of hydrogen-bond acceptors (Lipinski definition) is 2.